The number of ether oxygens (including phenoxy) is 1. The van der Waals surface area contributed by atoms with Crippen LogP contribution >= 0.6 is 0 Å². The van der Waals surface area contributed by atoms with Gasteiger partial charge in [0.15, 0.2) is 0 Å². The van der Waals surface area contributed by atoms with Gasteiger partial charge in [-0.15, -0.1) is 0 Å². The van der Waals surface area contributed by atoms with E-state index in [1.54, 1.807) is 5.57 Å². The fraction of sp³-hybridized carbons (Fsp3) is 0.889. The van der Waals surface area contributed by atoms with Crippen LogP contribution in [0.5, 0.6) is 0 Å². The predicted molar refractivity (Wildman–Crippen MR) is 81.3 cm³/mol. The second-order valence-corrected chi connectivity index (χ2v) is 7.37. The fourth-order valence-corrected chi connectivity index (χ4v) is 4.72. The van der Waals surface area contributed by atoms with Gasteiger partial charge in [-0.3, -0.25) is 0 Å². The zero-order chi connectivity index (χ0) is 14.2. The Morgan fingerprint density at radius 2 is 2.05 bits per heavy atom. The first-order chi connectivity index (χ1) is 9.65. The molecule has 20 heavy (non-hydrogen) atoms. The molecular weight excluding hydrogens is 248 g/mol. The molecule has 1 fully saturated rings. The Morgan fingerprint density at radius 3 is 2.85 bits per heavy atom. The Morgan fingerprint density at radius 1 is 1.20 bits per heavy atom. The normalized spacial score (nSPS) is 40.2. The van der Waals surface area contributed by atoms with Crippen molar-refractivity contribution >= 4 is 0 Å². The lowest BCUT2D eigenvalue weighted by molar-refractivity contribution is 0.00434. The summed E-state index contributed by atoms with van der Waals surface area (Å²) in [5.41, 5.74) is 1.71. The van der Waals surface area contributed by atoms with E-state index in [9.17, 15) is 5.11 Å². The van der Waals surface area contributed by atoms with Crippen molar-refractivity contribution in [1.29, 1.82) is 0 Å². The van der Waals surface area contributed by atoms with Crippen LogP contribution in [-0.2, 0) is 4.74 Å². The lowest BCUT2D eigenvalue weighted by atomic mass is 9.66. The van der Waals surface area contributed by atoms with Gasteiger partial charge in [0.2, 0.25) is 0 Å². The first kappa shape index (κ1) is 14.4. The molecule has 1 aliphatic heterocycles. The van der Waals surface area contributed by atoms with Crippen LogP contribution in [0.4, 0.5) is 0 Å². The van der Waals surface area contributed by atoms with E-state index in [0.29, 0.717) is 12.0 Å². The molecule has 1 N–H and O–H groups in total. The highest BCUT2D eigenvalue weighted by Crippen LogP contribution is 2.56. The molecule has 4 atom stereocenters. The molecular formula is C18H30O2. The van der Waals surface area contributed by atoms with Gasteiger partial charge in [0.05, 0.1) is 18.0 Å². The summed E-state index contributed by atoms with van der Waals surface area (Å²) < 4.78 is 6.32. The van der Waals surface area contributed by atoms with Crippen LogP contribution < -0.4 is 0 Å². The summed E-state index contributed by atoms with van der Waals surface area (Å²) in [6, 6.07) is 0. The summed E-state index contributed by atoms with van der Waals surface area (Å²) in [6.07, 6.45) is 12.3. The van der Waals surface area contributed by atoms with Crippen molar-refractivity contribution in [3.63, 3.8) is 0 Å². The third-order valence-electron chi connectivity index (χ3n) is 6.13. The van der Waals surface area contributed by atoms with E-state index in [-0.39, 0.29) is 11.5 Å². The maximum absolute atomic E-state index is 10.3. The zero-order valence-corrected chi connectivity index (χ0v) is 13.2. The number of hydrogen-bond acceptors (Lipinski definition) is 2. The summed E-state index contributed by atoms with van der Waals surface area (Å²) in [6.45, 7) is 4.56. The van der Waals surface area contributed by atoms with E-state index in [1.807, 2.05) is 0 Å². The first-order valence-corrected chi connectivity index (χ1v) is 8.71. The van der Waals surface area contributed by atoms with Crippen LogP contribution in [0.3, 0.4) is 0 Å². The smallest absolute Gasteiger partial charge is 0.0985 e. The molecule has 3 aliphatic rings. The Kier molecular flexibility index (Phi) is 4.12. The summed E-state index contributed by atoms with van der Waals surface area (Å²) in [5.74, 6) is 1.91. The van der Waals surface area contributed by atoms with E-state index in [0.717, 1.165) is 19.3 Å². The molecule has 3 rings (SSSR count). The van der Waals surface area contributed by atoms with E-state index < -0.39 is 0 Å². The third kappa shape index (κ3) is 2.41. The number of allylic oxidation sites excluding steroid dienone is 2. The number of unbranched alkanes of at least 4 members (excludes halogenated alkanes) is 2. The molecule has 0 radical (unpaired) electrons. The molecule has 2 heteroatoms. The van der Waals surface area contributed by atoms with Crippen LogP contribution in [-0.4, -0.2) is 17.3 Å². The van der Waals surface area contributed by atoms with Gasteiger partial charge in [0, 0.05) is 11.8 Å². The molecule has 4 unspecified atom stereocenters. The maximum atomic E-state index is 10.3. The number of rotatable bonds is 4. The minimum Gasteiger partial charge on any atom is -0.495 e. The largest absolute Gasteiger partial charge is 0.495 e. The molecule has 2 aliphatic carbocycles. The number of hydrogen-bond donors (Lipinski definition) is 1. The van der Waals surface area contributed by atoms with Crippen LogP contribution in [0.15, 0.2) is 11.3 Å². The SMILES string of the molecule is CCCCCC1CCC2=C(CCC3(C)C(O)CCC23)O1. The highest BCUT2D eigenvalue weighted by Gasteiger charge is 2.50. The Labute approximate surface area is 123 Å². The monoisotopic (exact) mass is 278 g/mol. The Hall–Kier alpha value is -0.500. The van der Waals surface area contributed by atoms with E-state index in [2.05, 4.69) is 13.8 Å². The molecule has 114 valence electrons. The van der Waals surface area contributed by atoms with Crippen molar-refractivity contribution in [3.05, 3.63) is 11.3 Å². The van der Waals surface area contributed by atoms with Gasteiger partial charge in [-0.25, -0.2) is 0 Å². The Balaban J connectivity index is 1.67. The molecule has 0 bridgehead atoms. The number of aliphatic hydroxyl groups excluding tert-OH is 1. The summed E-state index contributed by atoms with van der Waals surface area (Å²) in [7, 11) is 0. The molecule has 1 heterocycles. The maximum Gasteiger partial charge on any atom is 0.0985 e. The molecule has 1 saturated carbocycles. The minimum atomic E-state index is -0.0937. The van der Waals surface area contributed by atoms with Gasteiger partial charge < -0.3 is 9.84 Å². The molecule has 0 aromatic rings. The molecule has 2 nitrogen and oxygen atoms in total. The quantitative estimate of drug-likeness (QED) is 0.763. The van der Waals surface area contributed by atoms with Crippen molar-refractivity contribution in [2.24, 2.45) is 11.3 Å². The molecule has 0 spiro atoms. The predicted octanol–water partition coefficient (Wildman–Crippen LogP) is 4.57. The van der Waals surface area contributed by atoms with Crippen molar-refractivity contribution in [2.75, 3.05) is 0 Å². The minimum absolute atomic E-state index is 0.0937. The summed E-state index contributed by atoms with van der Waals surface area (Å²) in [5, 5.41) is 10.3. The molecule has 0 aromatic heterocycles. The number of aliphatic hydroxyl groups is 1. The van der Waals surface area contributed by atoms with Crippen LogP contribution in [0.2, 0.25) is 0 Å². The topological polar surface area (TPSA) is 29.5 Å². The zero-order valence-electron chi connectivity index (χ0n) is 13.2. The molecule has 0 aromatic carbocycles. The standard InChI is InChI=1S/C18H30O2/c1-3-4-5-6-13-7-8-14-15-9-10-17(19)18(15,2)12-11-16(14)20-13/h13,15,17,19H,3-12H2,1-2H3. The summed E-state index contributed by atoms with van der Waals surface area (Å²) >= 11 is 0. The lowest BCUT2D eigenvalue weighted by Crippen LogP contribution is -2.38. The van der Waals surface area contributed by atoms with Crippen molar-refractivity contribution in [2.45, 2.75) is 90.3 Å². The van der Waals surface area contributed by atoms with Gasteiger partial charge in [-0.05, 0) is 56.4 Å². The second-order valence-electron chi connectivity index (χ2n) is 7.37. The van der Waals surface area contributed by atoms with Crippen molar-refractivity contribution < 1.29 is 9.84 Å². The summed E-state index contributed by atoms with van der Waals surface area (Å²) in [4.78, 5) is 0. The third-order valence-corrected chi connectivity index (χ3v) is 6.13. The first-order valence-electron chi connectivity index (χ1n) is 8.71. The molecule has 0 saturated heterocycles. The van der Waals surface area contributed by atoms with Gasteiger partial charge in [-0.2, -0.15) is 0 Å². The highest BCUT2D eigenvalue weighted by atomic mass is 16.5. The lowest BCUT2D eigenvalue weighted by Gasteiger charge is -2.44. The number of fused-ring (bicyclic) bond motifs is 2. The van der Waals surface area contributed by atoms with Crippen LogP contribution in [0.1, 0.15) is 78.1 Å². The van der Waals surface area contributed by atoms with Crippen molar-refractivity contribution in [1.82, 2.24) is 0 Å². The van der Waals surface area contributed by atoms with Gasteiger partial charge >= 0.3 is 0 Å². The Bertz CT molecular complexity index is 387. The molecule has 0 amide bonds. The average Bonchev–Trinajstić information content (AvgIpc) is 2.75. The van der Waals surface area contributed by atoms with E-state index in [1.165, 1.54) is 50.7 Å². The second kappa shape index (κ2) is 5.71. The van der Waals surface area contributed by atoms with Gasteiger partial charge in [0.25, 0.3) is 0 Å². The van der Waals surface area contributed by atoms with Gasteiger partial charge in [-0.1, -0.05) is 26.7 Å². The van der Waals surface area contributed by atoms with E-state index >= 15 is 0 Å². The van der Waals surface area contributed by atoms with Gasteiger partial charge in [0.1, 0.15) is 0 Å². The fourth-order valence-electron chi connectivity index (χ4n) is 4.72. The van der Waals surface area contributed by atoms with Crippen molar-refractivity contribution in [3.8, 4) is 0 Å². The van der Waals surface area contributed by atoms with E-state index in [4.69, 9.17) is 4.74 Å². The van der Waals surface area contributed by atoms with Crippen LogP contribution in [0.25, 0.3) is 0 Å². The highest BCUT2D eigenvalue weighted by molar-refractivity contribution is 5.25. The average molecular weight is 278 g/mol. The van der Waals surface area contributed by atoms with Crippen LogP contribution in [0, 0.1) is 11.3 Å².